The maximum absolute atomic E-state index is 12.7. The molecule has 1 saturated heterocycles. The van der Waals surface area contributed by atoms with Crippen LogP contribution in [0.1, 0.15) is 28.0 Å². The molecule has 1 aliphatic rings. The minimum Gasteiger partial charge on any atom is -0.467 e. The molecule has 1 amide bonds. The van der Waals surface area contributed by atoms with Crippen molar-refractivity contribution in [2.45, 2.75) is 12.3 Å². The summed E-state index contributed by atoms with van der Waals surface area (Å²) in [6.07, 6.45) is -3.53. The average molecular weight is 326 g/mol. The lowest BCUT2D eigenvalue weighted by atomic mass is 10.2. The lowest BCUT2D eigenvalue weighted by Gasteiger charge is -2.31. The molecule has 3 rings (SSSR count). The molecule has 1 aliphatic heterocycles. The van der Waals surface area contributed by atoms with Crippen LogP contribution in [0.25, 0.3) is 0 Å². The predicted octanol–water partition coefficient (Wildman–Crippen LogP) is 2.91. The Labute approximate surface area is 129 Å². The fourth-order valence-electron chi connectivity index (χ4n) is 2.35. The highest BCUT2D eigenvalue weighted by molar-refractivity contribution is 5.92. The molecule has 122 valence electrons. The van der Waals surface area contributed by atoms with E-state index in [0.717, 1.165) is 6.07 Å². The summed E-state index contributed by atoms with van der Waals surface area (Å²) in [5.41, 5.74) is -1.32. The van der Waals surface area contributed by atoms with Gasteiger partial charge in [-0.15, -0.1) is 0 Å². The van der Waals surface area contributed by atoms with Crippen molar-refractivity contribution in [2.24, 2.45) is 0 Å². The van der Waals surface area contributed by atoms with Crippen molar-refractivity contribution in [1.82, 2.24) is 9.88 Å². The quantitative estimate of drug-likeness (QED) is 0.851. The van der Waals surface area contributed by atoms with Gasteiger partial charge < -0.3 is 14.1 Å². The summed E-state index contributed by atoms with van der Waals surface area (Å²) < 4.78 is 48.9. The summed E-state index contributed by atoms with van der Waals surface area (Å²) in [6, 6.07) is 6.71. The SMILES string of the molecule is O=C(c1cccc(C(F)(F)F)n1)N1CCOC(c2ccco2)C1. The van der Waals surface area contributed by atoms with Crippen molar-refractivity contribution < 1.29 is 27.1 Å². The van der Waals surface area contributed by atoms with Crippen LogP contribution in [0.4, 0.5) is 13.2 Å². The van der Waals surface area contributed by atoms with Crippen LogP contribution < -0.4 is 0 Å². The van der Waals surface area contributed by atoms with Crippen molar-refractivity contribution in [3.8, 4) is 0 Å². The van der Waals surface area contributed by atoms with E-state index >= 15 is 0 Å². The van der Waals surface area contributed by atoms with Crippen molar-refractivity contribution in [1.29, 1.82) is 0 Å². The second-order valence-electron chi connectivity index (χ2n) is 5.03. The van der Waals surface area contributed by atoms with Gasteiger partial charge in [-0.1, -0.05) is 6.07 Å². The maximum Gasteiger partial charge on any atom is 0.433 e. The number of aromatic nitrogens is 1. The third kappa shape index (κ3) is 3.37. The molecule has 2 aromatic heterocycles. The number of amides is 1. The zero-order chi connectivity index (χ0) is 16.4. The van der Waals surface area contributed by atoms with Crippen molar-refractivity contribution in [3.63, 3.8) is 0 Å². The van der Waals surface area contributed by atoms with Crippen LogP contribution in [0.3, 0.4) is 0 Å². The Bertz CT molecular complexity index is 686. The number of rotatable bonds is 2. The fourth-order valence-corrected chi connectivity index (χ4v) is 2.35. The zero-order valence-corrected chi connectivity index (χ0v) is 11.9. The number of morpholine rings is 1. The van der Waals surface area contributed by atoms with Crippen LogP contribution >= 0.6 is 0 Å². The second kappa shape index (κ2) is 6.04. The Morgan fingerprint density at radius 1 is 1.26 bits per heavy atom. The summed E-state index contributed by atoms with van der Waals surface area (Å²) in [5.74, 6) is 0.00968. The molecule has 5 nitrogen and oxygen atoms in total. The molecule has 3 heterocycles. The second-order valence-corrected chi connectivity index (χ2v) is 5.03. The predicted molar refractivity (Wildman–Crippen MR) is 72.5 cm³/mol. The molecule has 0 aromatic carbocycles. The van der Waals surface area contributed by atoms with E-state index in [1.165, 1.54) is 23.3 Å². The molecule has 0 N–H and O–H groups in total. The molecule has 0 aliphatic carbocycles. The van der Waals surface area contributed by atoms with Gasteiger partial charge in [0, 0.05) is 6.54 Å². The number of halogens is 3. The number of pyridine rings is 1. The lowest BCUT2D eigenvalue weighted by molar-refractivity contribution is -0.141. The number of hydrogen-bond acceptors (Lipinski definition) is 4. The molecule has 1 unspecified atom stereocenters. The summed E-state index contributed by atoms with van der Waals surface area (Å²) in [7, 11) is 0. The molecule has 0 radical (unpaired) electrons. The van der Waals surface area contributed by atoms with Crippen molar-refractivity contribution >= 4 is 5.91 Å². The number of carbonyl (C=O) groups is 1. The van der Waals surface area contributed by atoms with Gasteiger partial charge in [0.2, 0.25) is 0 Å². The van der Waals surface area contributed by atoms with Gasteiger partial charge in [0.15, 0.2) is 0 Å². The number of ether oxygens (including phenoxy) is 1. The van der Waals surface area contributed by atoms with E-state index in [2.05, 4.69) is 4.98 Å². The van der Waals surface area contributed by atoms with Crippen LogP contribution in [0, 0.1) is 0 Å². The average Bonchev–Trinajstić information content (AvgIpc) is 3.08. The lowest BCUT2D eigenvalue weighted by Crippen LogP contribution is -2.42. The van der Waals surface area contributed by atoms with Crippen LogP contribution in [0.15, 0.2) is 41.0 Å². The van der Waals surface area contributed by atoms with Gasteiger partial charge in [-0.25, -0.2) is 4.98 Å². The number of nitrogens with zero attached hydrogens (tertiary/aromatic N) is 2. The highest BCUT2D eigenvalue weighted by Crippen LogP contribution is 2.28. The third-order valence-corrected chi connectivity index (χ3v) is 3.47. The largest absolute Gasteiger partial charge is 0.467 e. The maximum atomic E-state index is 12.7. The molecule has 0 spiro atoms. The highest BCUT2D eigenvalue weighted by atomic mass is 19.4. The standard InChI is InChI=1S/C15H13F3N2O3/c16-15(17,18)13-5-1-3-10(19-13)14(21)20-6-8-23-12(9-20)11-4-2-7-22-11/h1-5,7,12H,6,8-9H2. The molecular weight excluding hydrogens is 313 g/mol. The molecule has 1 atom stereocenters. The normalized spacial score (nSPS) is 18.9. The molecule has 0 bridgehead atoms. The Hall–Kier alpha value is -2.35. The monoisotopic (exact) mass is 326 g/mol. The third-order valence-electron chi connectivity index (χ3n) is 3.47. The van der Waals surface area contributed by atoms with Gasteiger partial charge >= 0.3 is 6.18 Å². The first-order valence-corrected chi connectivity index (χ1v) is 6.93. The van der Waals surface area contributed by atoms with Gasteiger partial charge in [-0.05, 0) is 24.3 Å². The van der Waals surface area contributed by atoms with E-state index in [1.54, 1.807) is 12.1 Å². The smallest absolute Gasteiger partial charge is 0.433 e. The minimum atomic E-state index is -4.59. The molecule has 1 fully saturated rings. The van der Waals surface area contributed by atoms with Crippen LogP contribution in [0.5, 0.6) is 0 Å². The van der Waals surface area contributed by atoms with Crippen LogP contribution in [-0.4, -0.2) is 35.5 Å². The number of hydrogen-bond donors (Lipinski definition) is 0. The summed E-state index contributed by atoms with van der Waals surface area (Å²) in [6.45, 7) is 0.758. The number of carbonyl (C=O) groups excluding carboxylic acids is 1. The van der Waals surface area contributed by atoms with Gasteiger partial charge in [-0.3, -0.25) is 4.79 Å². The van der Waals surface area contributed by atoms with Crippen LogP contribution in [-0.2, 0) is 10.9 Å². The van der Waals surface area contributed by atoms with E-state index in [0.29, 0.717) is 5.76 Å². The summed E-state index contributed by atoms with van der Waals surface area (Å²) >= 11 is 0. The Morgan fingerprint density at radius 2 is 2.09 bits per heavy atom. The number of furan rings is 1. The van der Waals surface area contributed by atoms with Crippen LogP contribution in [0.2, 0.25) is 0 Å². The Kier molecular flexibility index (Phi) is 4.08. The number of alkyl halides is 3. The molecule has 2 aromatic rings. The Balaban J connectivity index is 1.77. The van der Waals surface area contributed by atoms with E-state index in [1.807, 2.05) is 0 Å². The molecule has 0 saturated carbocycles. The van der Waals surface area contributed by atoms with Gasteiger partial charge in [0.25, 0.3) is 5.91 Å². The summed E-state index contributed by atoms with van der Waals surface area (Å²) in [4.78, 5) is 17.2. The summed E-state index contributed by atoms with van der Waals surface area (Å²) in [5, 5.41) is 0. The van der Waals surface area contributed by atoms with Crippen molar-refractivity contribution in [3.05, 3.63) is 53.7 Å². The minimum absolute atomic E-state index is 0.199. The first-order valence-electron chi connectivity index (χ1n) is 6.93. The topological polar surface area (TPSA) is 55.6 Å². The highest BCUT2D eigenvalue weighted by Gasteiger charge is 2.34. The van der Waals surface area contributed by atoms with E-state index in [-0.39, 0.29) is 25.4 Å². The Morgan fingerprint density at radius 3 is 2.78 bits per heavy atom. The van der Waals surface area contributed by atoms with E-state index in [9.17, 15) is 18.0 Å². The van der Waals surface area contributed by atoms with Gasteiger partial charge in [0.1, 0.15) is 23.3 Å². The molecule has 8 heteroatoms. The fraction of sp³-hybridized carbons (Fsp3) is 0.333. The van der Waals surface area contributed by atoms with E-state index in [4.69, 9.17) is 9.15 Å². The molecular formula is C15H13F3N2O3. The van der Waals surface area contributed by atoms with E-state index < -0.39 is 23.9 Å². The first-order chi connectivity index (χ1) is 10.9. The van der Waals surface area contributed by atoms with Crippen molar-refractivity contribution in [2.75, 3.05) is 19.7 Å². The first kappa shape index (κ1) is 15.5. The zero-order valence-electron chi connectivity index (χ0n) is 11.9. The van der Waals surface area contributed by atoms with Gasteiger partial charge in [0.05, 0.1) is 19.4 Å². The molecule has 23 heavy (non-hydrogen) atoms. The van der Waals surface area contributed by atoms with Gasteiger partial charge in [-0.2, -0.15) is 13.2 Å².